The molecule has 3 aliphatic rings. The molecule has 1 aliphatic carbocycles. The number of likely N-dealkylation sites (N-methyl/N-ethyl adjacent to an activating group) is 1. The Hall–Kier alpha value is -0.690. The SMILES string of the molecule is CCN1CCN(CC(=O)NC2CCC3(CC2)OCCO3)CC1. The van der Waals surface area contributed by atoms with Gasteiger partial charge in [-0.1, -0.05) is 6.92 Å². The van der Waals surface area contributed by atoms with E-state index in [1.165, 1.54) is 0 Å². The Morgan fingerprint density at radius 1 is 1.09 bits per heavy atom. The fourth-order valence-corrected chi connectivity index (χ4v) is 3.73. The van der Waals surface area contributed by atoms with Gasteiger partial charge in [-0.05, 0) is 19.4 Å². The minimum atomic E-state index is -0.336. The summed E-state index contributed by atoms with van der Waals surface area (Å²) in [5.41, 5.74) is 0. The number of amides is 1. The van der Waals surface area contributed by atoms with Crippen LogP contribution in [0.25, 0.3) is 0 Å². The minimum Gasteiger partial charge on any atom is -0.352 e. The maximum Gasteiger partial charge on any atom is 0.234 e. The highest BCUT2D eigenvalue weighted by atomic mass is 16.7. The second-order valence-corrected chi connectivity index (χ2v) is 6.66. The lowest BCUT2D eigenvalue weighted by Crippen LogP contribution is -2.51. The zero-order valence-corrected chi connectivity index (χ0v) is 13.7. The predicted molar refractivity (Wildman–Crippen MR) is 83.6 cm³/mol. The standard InChI is InChI=1S/C16H29N3O3/c1-2-18-7-9-19(10-8-18)13-15(20)17-14-3-5-16(6-4-14)21-11-12-22-16/h14H,2-13H2,1H3,(H,17,20). The van der Waals surface area contributed by atoms with Crippen LogP contribution in [0.1, 0.15) is 32.6 Å². The molecule has 2 aliphatic heterocycles. The highest BCUT2D eigenvalue weighted by Gasteiger charge is 2.40. The summed E-state index contributed by atoms with van der Waals surface area (Å²) < 4.78 is 11.5. The number of ether oxygens (including phenoxy) is 2. The number of rotatable bonds is 4. The molecule has 0 radical (unpaired) electrons. The van der Waals surface area contributed by atoms with Crippen LogP contribution in [-0.4, -0.2) is 80.0 Å². The third kappa shape index (κ3) is 3.98. The molecule has 0 unspecified atom stereocenters. The molecule has 22 heavy (non-hydrogen) atoms. The topological polar surface area (TPSA) is 54.0 Å². The molecule has 0 atom stereocenters. The van der Waals surface area contributed by atoms with Crippen molar-refractivity contribution in [2.45, 2.75) is 44.4 Å². The van der Waals surface area contributed by atoms with Gasteiger partial charge in [0.05, 0.1) is 19.8 Å². The molecular formula is C16H29N3O3. The molecule has 1 saturated carbocycles. The fraction of sp³-hybridized carbons (Fsp3) is 0.938. The molecule has 0 aromatic heterocycles. The van der Waals surface area contributed by atoms with Crippen LogP contribution >= 0.6 is 0 Å². The highest BCUT2D eigenvalue weighted by Crippen LogP contribution is 2.35. The molecule has 0 aromatic rings. The smallest absolute Gasteiger partial charge is 0.234 e. The summed E-state index contributed by atoms with van der Waals surface area (Å²) in [5.74, 6) is -0.170. The van der Waals surface area contributed by atoms with Crippen LogP contribution in [0, 0.1) is 0 Å². The van der Waals surface area contributed by atoms with Crippen molar-refractivity contribution in [2.24, 2.45) is 0 Å². The maximum atomic E-state index is 12.2. The third-order valence-electron chi connectivity index (χ3n) is 5.21. The van der Waals surface area contributed by atoms with Crippen molar-refractivity contribution < 1.29 is 14.3 Å². The first kappa shape index (κ1) is 16.2. The first-order chi connectivity index (χ1) is 10.7. The van der Waals surface area contributed by atoms with Gasteiger partial charge in [0.15, 0.2) is 5.79 Å². The third-order valence-corrected chi connectivity index (χ3v) is 5.21. The summed E-state index contributed by atoms with van der Waals surface area (Å²) in [7, 11) is 0. The minimum absolute atomic E-state index is 0.166. The molecule has 1 amide bonds. The number of piperazine rings is 1. The summed E-state index contributed by atoms with van der Waals surface area (Å²) in [4.78, 5) is 16.9. The predicted octanol–water partition coefficient (Wildman–Crippen LogP) is 0.426. The van der Waals surface area contributed by atoms with E-state index in [1.54, 1.807) is 0 Å². The van der Waals surface area contributed by atoms with Crippen LogP contribution < -0.4 is 5.32 Å². The molecule has 3 rings (SSSR count). The number of nitrogens with one attached hydrogen (secondary N) is 1. The fourth-order valence-electron chi connectivity index (χ4n) is 3.73. The number of carbonyl (C=O) groups is 1. The van der Waals surface area contributed by atoms with Gasteiger partial charge < -0.3 is 19.7 Å². The van der Waals surface area contributed by atoms with Crippen molar-refractivity contribution in [1.82, 2.24) is 15.1 Å². The maximum absolute atomic E-state index is 12.2. The Morgan fingerprint density at radius 2 is 1.68 bits per heavy atom. The van der Waals surface area contributed by atoms with Crippen molar-refractivity contribution in [3.8, 4) is 0 Å². The van der Waals surface area contributed by atoms with Gasteiger partial charge in [-0.2, -0.15) is 0 Å². The lowest BCUT2D eigenvalue weighted by molar-refractivity contribution is -0.180. The van der Waals surface area contributed by atoms with Gasteiger partial charge in [0.2, 0.25) is 5.91 Å². The molecule has 0 aromatic carbocycles. The summed E-state index contributed by atoms with van der Waals surface area (Å²) in [6.07, 6.45) is 3.70. The van der Waals surface area contributed by atoms with Gasteiger partial charge in [-0.15, -0.1) is 0 Å². The Bertz CT molecular complexity index is 367. The highest BCUT2D eigenvalue weighted by molar-refractivity contribution is 5.78. The van der Waals surface area contributed by atoms with Gasteiger partial charge in [-0.3, -0.25) is 9.69 Å². The zero-order valence-electron chi connectivity index (χ0n) is 13.7. The average Bonchev–Trinajstić information content (AvgIpc) is 2.99. The van der Waals surface area contributed by atoms with E-state index in [1.807, 2.05) is 0 Å². The van der Waals surface area contributed by atoms with Gasteiger partial charge in [-0.25, -0.2) is 0 Å². The molecule has 0 bridgehead atoms. The first-order valence-electron chi connectivity index (χ1n) is 8.71. The summed E-state index contributed by atoms with van der Waals surface area (Å²) in [6.45, 7) is 9.39. The first-order valence-corrected chi connectivity index (χ1v) is 8.71. The van der Waals surface area contributed by atoms with E-state index in [0.717, 1.165) is 58.4 Å². The van der Waals surface area contributed by atoms with Crippen LogP contribution in [0.2, 0.25) is 0 Å². The number of hydrogen-bond donors (Lipinski definition) is 1. The van der Waals surface area contributed by atoms with E-state index in [0.29, 0.717) is 19.8 Å². The van der Waals surface area contributed by atoms with Gasteiger partial charge in [0.1, 0.15) is 0 Å². The lowest BCUT2D eigenvalue weighted by Gasteiger charge is -2.36. The van der Waals surface area contributed by atoms with Crippen LogP contribution in [0.15, 0.2) is 0 Å². The second-order valence-electron chi connectivity index (χ2n) is 6.66. The zero-order chi connectivity index (χ0) is 15.4. The second kappa shape index (κ2) is 7.25. The van der Waals surface area contributed by atoms with Crippen LogP contribution in [-0.2, 0) is 14.3 Å². The van der Waals surface area contributed by atoms with Crippen molar-refractivity contribution >= 4 is 5.91 Å². The van der Waals surface area contributed by atoms with Crippen molar-refractivity contribution in [1.29, 1.82) is 0 Å². The van der Waals surface area contributed by atoms with Gasteiger partial charge >= 0.3 is 0 Å². The van der Waals surface area contributed by atoms with E-state index in [4.69, 9.17) is 9.47 Å². The van der Waals surface area contributed by atoms with Gasteiger partial charge in [0, 0.05) is 45.1 Å². The van der Waals surface area contributed by atoms with Crippen molar-refractivity contribution in [3.63, 3.8) is 0 Å². The molecule has 126 valence electrons. The van der Waals surface area contributed by atoms with Crippen molar-refractivity contribution in [3.05, 3.63) is 0 Å². The molecule has 2 saturated heterocycles. The lowest BCUT2D eigenvalue weighted by atomic mass is 9.90. The van der Waals surface area contributed by atoms with E-state index in [9.17, 15) is 4.79 Å². The largest absolute Gasteiger partial charge is 0.352 e. The van der Waals surface area contributed by atoms with Gasteiger partial charge in [0.25, 0.3) is 0 Å². The van der Waals surface area contributed by atoms with E-state index in [-0.39, 0.29) is 17.7 Å². The molecule has 1 N–H and O–H groups in total. The quantitative estimate of drug-likeness (QED) is 0.816. The molecular weight excluding hydrogens is 282 g/mol. The number of carbonyl (C=O) groups excluding carboxylic acids is 1. The Morgan fingerprint density at radius 3 is 2.27 bits per heavy atom. The summed E-state index contributed by atoms with van der Waals surface area (Å²) in [5, 5.41) is 3.19. The molecule has 1 spiro atoms. The summed E-state index contributed by atoms with van der Waals surface area (Å²) >= 11 is 0. The molecule has 6 heteroatoms. The molecule has 6 nitrogen and oxygen atoms in total. The monoisotopic (exact) mass is 311 g/mol. The number of hydrogen-bond acceptors (Lipinski definition) is 5. The number of nitrogens with zero attached hydrogens (tertiary/aromatic N) is 2. The normalized spacial score (nSPS) is 27.3. The Labute approximate surface area is 133 Å². The Balaban J connectivity index is 1.36. The van der Waals surface area contributed by atoms with E-state index < -0.39 is 0 Å². The Kier molecular flexibility index (Phi) is 5.33. The van der Waals surface area contributed by atoms with Crippen LogP contribution in [0.4, 0.5) is 0 Å². The molecule has 2 heterocycles. The summed E-state index contributed by atoms with van der Waals surface area (Å²) in [6, 6.07) is 0.280. The van der Waals surface area contributed by atoms with E-state index in [2.05, 4.69) is 22.0 Å². The van der Waals surface area contributed by atoms with Crippen molar-refractivity contribution in [2.75, 3.05) is 52.5 Å². The van der Waals surface area contributed by atoms with Crippen LogP contribution in [0.3, 0.4) is 0 Å². The molecule has 3 fully saturated rings. The van der Waals surface area contributed by atoms with E-state index >= 15 is 0 Å². The average molecular weight is 311 g/mol. The van der Waals surface area contributed by atoms with Crippen LogP contribution in [0.5, 0.6) is 0 Å².